The molecule has 6 fully saturated rings. The Labute approximate surface area is 286 Å². The number of allylic oxidation sites excluding steroid dienone is 1. The van der Waals surface area contributed by atoms with Gasteiger partial charge in [-0.05, 0) is 115 Å². The molecule has 274 valence electrons. The number of rotatable bonds is 9. The summed E-state index contributed by atoms with van der Waals surface area (Å²) in [4.78, 5) is 11.9. The Morgan fingerprint density at radius 3 is 2.31 bits per heavy atom. The zero-order chi connectivity index (χ0) is 35.2. The molecule has 10 heteroatoms. The molecule has 0 aromatic rings. The molecular formula is C38H62O10. The van der Waals surface area contributed by atoms with Crippen molar-refractivity contribution in [1.29, 1.82) is 0 Å². The highest BCUT2D eigenvalue weighted by atomic mass is 16.7. The summed E-state index contributed by atoms with van der Waals surface area (Å²) in [6.45, 7) is 14.1. The van der Waals surface area contributed by atoms with Crippen molar-refractivity contribution in [2.45, 2.75) is 155 Å². The molecule has 5 aliphatic carbocycles. The second-order valence-corrected chi connectivity index (χ2v) is 18.0. The highest BCUT2D eigenvalue weighted by Crippen LogP contribution is 2.89. The molecule has 16 atom stereocenters. The molecule has 2 unspecified atom stereocenters. The zero-order valence-electron chi connectivity index (χ0n) is 30.1. The van der Waals surface area contributed by atoms with Crippen LogP contribution < -0.4 is 0 Å². The molecule has 0 radical (unpaired) electrons. The standard InChI is InChI=1S/C38H62O10/c1-20(17-39)9-8-10-21(2)28-24(43)16-36(7)26-15-23(42)32-34(4,5)27(11-12-38(32)19-37(26,38)14-13-35(28,36)6)48-33-31(46-22(3)41)30(45)29(44)25(18-40)47-33/h9,21,23-33,39-40,42-45H,8,10-19H2,1-7H3/b20-9+/t21-,23+,24+,25-,26?,27+,28+,29-,30+,31-,32?,33+,35-,36+,37+,38-/m1/s1. The fourth-order valence-corrected chi connectivity index (χ4v) is 13.2. The van der Waals surface area contributed by atoms with Crippen LogP contribution in [0.2, 0.25) is 0 Å². The van der Waals surface area contributed by atoms with Crippen LogP contribution >= 0.6 is 0 Å². The molecule has 1 aliphatic heterocycles. The molecule has 1 heterocycles. The number of ether oxygens (including phenoxy) is 3. The van der Waals surface area contributed by atoms with Gasteiger partial charge in [-0.2, -0.15) is 0 Å². The SMILES string of the molecule is CC(=O)O[C@H]1[C@H](O[C@H]2CC[C@]34C[C@]35CC[C@]3(C)[C@@H]([C@H](C)CC/C=C(\C)CO)[C@@H](O)C[C@@]3(C)C5C[C@H](O)C4C2(C)C)O[C@H](CO)[C@@H](O)[C@@H]1O. The summed E-state index contributed by atoms with van der Waals surface area (Å²) in [5.74, 6) is 0.165. The van der Waals surface area contributed by atoms with Gasteiger partial charge >= 0.3 is 5.97 Å². The van der Waals surface area contributed by atoms with Gasteiger partial charge in [0, 0.05) is 6.92 Å². The first-order valence-corrected chi connectivity index (χ1v) is 18.5. The van der Waals surface area contributed by atoms with Gasteiger partial charge in [-0.1, -0.05) is 46.3 Å². The number of carbonyl (C=O) groups is 1. The normalized spacial score (nSPS) is 51.6. The average Bonchev–Trinajstić information content (AvgIpc) is 3.60. The predicted octanol–water partition coefficient (Wildman–Crippen LogP) is 3.48. The number of hydrogen-bond donors (Lipinski definition) is 6. The van der Waals surface area contributed by atoms with E-state index in [1.807, 2.05) is 6.92 Å². The lowest BCUT2D eigenvalue weighted by atomic mass is 9.41. The molecule has 6 aliphatic rings. The van der Waals surface area contributed by atoms with E-state index in [1.165, 1.54) is 6.92 Å². The molecule has 1 saturated heterocycles. The monoisotopic (exact) mass is 678 g/mol. The van der Waals surface area contributed by atoms with Crippen LogP contribution in [0.15, 0.2) is 11.6 Å². The largest absolute Gasteiger partial charge is 0.454 e. The quantitative estimate of drug-likeness (QED) is 0.121. The molecule has 0 aromatic heterocycles. The van der Waals surface area contributed by atoms with E-state index in [9.17, 15) is 35.4 Å². The zero-order valence-corrected chi connectivity index (χ0v) is 30.1. The Bertz CT molecular complexity index is 1250. The van der Waals surface area contributed by atoms with E-state index in [-0.39, 0.29) is 52.3 Å². The maximum absolute atomic E-state index is 12.2. The minimum Gasteiger partial charge on any atom is -0.454 e. The fourth-order valence-electron chi connectivity index (χ4n) is 13.2. The van der Waals surface area contributed by atoms with E-state index < -0.39 is 54.8 Å². The third kappa shape index (κ3) is 5.21. The van der Waals surface area contributed by atoms with Crippen molar-refractivity contribution < 1.29 is 49.6 Å². The molecule has 48 heavy (non-hydrogen) atoms. The maximum Gasteiger partial charge on any atom is 0.303 e. The number of hydrogen-bond acceptors (Lipinski definition) is 10. The summed E-state index contributed by atoms with van der Waals surface area (Å²) < 4.78 is 17.9. The van der Waals surface area contributed by atoms with Crippen LogP contribution in [-0.4, -0.2) is 98.8 Å². The van der Waals surface area contributed by atoms with Gasteiger partial charge in [0.15, 0.2) is 12.4 Å². The van der Waals surface area contributed by atoms with Gasteiger partial charge in [-0.3, -0.25) is 4.79 Å². The molecule has 2 spiro atoms. The van der Waals surface area contributed by atoms with Gasteiger partial charge in [0.05, 0.1) is 31.5 Å². The second kappa shape index (κ2) is 12.5. The Hall–Kier alpha value is -1.11. The predicted molar refractivity (Wildman–Crippen MR) is 177 cm³/mol. The van der Waals surface area contributed by atoms with Gasteiger partial charge in [0.25, 0.3) is 0 Å². The first kappa shape index (κ1) is 36.7. The highest BCUT2D eigenvalue weighted by Gasteiger charge is 2.84. The molecular weight excluding hydrogens is 616 g/mol. The lowest BCUT2D eigenvalue weighted by Crippen LogP contribution is -2.64. The van der Waals surface area contributed by atoms with Crippen molar-refractivity contribution in [2.24, 2.45) is 50.7 Å². The Balaban J connectivity index is 1.23. The summed E-state index contributed by atoms with van der Waals surface area (Å²) >= 11 is 0. The molecule has 0 aromatic carbocycles. The third-order valence-corrected chi connectivity index (χ3v) is 15.5. The second-order valence-electron chi connectivity index (χ2n) is 18.0. The fraction of sp³-hybridized carbons (Fsp3) is 0.921. The van der Waals surface area contributed by atoms with Crippen molar-refractivity contribution in [1.82, 2.24) is 0 Å². The van der Waals surface area contributed by atoms with Crippen LogP contribution in [-0.2, 0) is 19.0 Å². The first-order valence-electron chi connectivity index (χ1n) is 18.5. The Morgan fingerprint density at radius 1 is 0.958 bits per heavy atom. The van der Waals surface area contributed by atoms with E-state index in [4.69, 9.17) is 14.2 Å². The lowest BCUT2D eigenvalue weighted by molar-refractivity contribution is -0.330. The number of carbonyl (C=O) groups excluding carboxylic acids is 1. The van der Waals surface area contributed by atoms with Gasteiger partial charge < -0.3 is 44.8 Å². The third-order valence-electron chi connectivity index (χ3n) is 15.5. The summed E-state index contributed by atoms with van der Waals surface area (Å²) in [6.07, 6.45) is 2.49. The van der Waals surface area contributed by atoms with Crippen LogP contribution in [0, 0.1) is 50.7 Å². The molecule has 6 N–H and O–H groups in total. The van der Waals surface area contributed by atoms with E-state index in [2.05, 4.69) is 40.7 Å². The minimum atomic E-state index is -1.48. The van der Waals surface area contributed by atoms with E-state index in [0.29, 0.717) is 24.7 Å². The van der Waals surface area contributed by atoms with E-state index in [1.54, 1.807) is 0 Å². The van der Waals surface area contributed by atoms with Gasteiger partial charge in [0.2, 0.25) is 0 Å². The summed E-state index contributed by atoms with van der Waals surface area (Å²) in [5, 5.41) is 64.5. The topological polar surface area (TPSA) is 166 Å². The van der Waals surface area contributed by atoms with Crippen LogP contribution in [0.5, 0.6) is 0 Å². The van der Waals surface area contributed by atoms with Crippen LogP contribution in [0.4, 0.5) is 0 Å². The Morgan fingerprint density at radius 2 is 1.67 bits per heavy atom. The smallest absolute Gasteiger partial charge is 0.303 e. The van der Waals surface area contributed by atoms with Crippen molar-refractivity contribution in [3.63, 3.8) is 0 Å². The lowest BCUT2D eigenvalue weighted by Gasteiger charge is -2.64. The average molecular weight is 679 g/mol. The van der Waals surface area contributed by atoms with Crippen molar-refractivity contribution >= 4 is 5.97 Å². The van der Waals surface area contributed by atoms with Gasteiger partial charge in [-0.25, -0.2) is 0 Å². The molecule has 0 bridgehead atoms. The molecule has 10 nitrogen and oxygen atoms in total. The summed E-state index contributed by atoms with van der Waals surface area (Å²) in [6, 6.07) is 0. The van der Waals surface area contributed by atoms with Crippen LogP contribution in [0.3, 0.4) is 0 Å². The Kier molecular flexibility index (Phi) is 9.58. The summed E-state index contributed by atoms with van der Waals surface area (Å²) in [7, 11) is 0. The van der Waals surface area contributed by atoms with E-state index in [0.717, 1.165) is 50.5 Å². The van der Waals surface area contributed by atoms with Crippen LogP contribution in [0.1, 0.15) is 106 Å². The molecule has 6 rings (SSSR count). The van der Waals surface area contributed by atoms with E-state index >= 15 is 0 Å². The van der Waals surface area contributed by atoms with Crippen molar-refractivity contribution in [3.05, 3.63) is 11.6 Å². The number of aliphatic hydroxyl groups is 6. The van der Waals surface area contributed by atoms with Crippen LogP contribution in [0.25, 0.3) is 0 Å². The number of esters is 1. The molecule has 0 amide bonds. The van der Waals surface area contributed by atoms with Crippen molar-refractivity contribution in [2.75, 3.05) is 13.2 Å². The minimum absolute atomic E-state index is 0.0314. The maximum atomic E-state index is 12.2. The van der Waals surface area contributed by atoms with Gasteiger partial charge in [-0.15, -0.1) is 0 Å². The number of aliphatic hydroxyl groups excluding tert-OH is 6. The molecule has 5 saturated carbocycles. The van der Waals surface area contributed by atoms with Crippen molar-refractivity contribution in [3.8, 4) is 0 Å². The number of fused-ring (bicyclic) bond motifs is 2. The van der Waals surface area contributed by atoms with Gasteiger partial charge in [0.1, 0.15) is 18.3 Å². The highest BCUT2D eigenvalue weighted by molar-refractivity contribution is 5.66. The first-order chi connectivity index (χ1) is 22.4. The summed E-state index contributed by atoms with van der Waals surface area (Å²) in [5.41, 5.74) is 0.435.